The van der Waals surface area contributed by atoms with Crippen LogP contribution in [-0.2, 0) is 18.2 Å². The van der Waals surface area contributed by atoms with Crippen LogP contribution in [-0.4, -0.2) is 37.2 Å². The molecular formula is C26H32N2O4. The van der Waals surface area contributed by atoms with Crippen LogP contribution in [0, 0.1) is 5.92 Å². The summed E-state index contributed by atoms with van der Waals surface area (Å²) >= 11 is 0. The molecular weight excluding hydrogens is 404 g/mol. The number of methoxy groups -OCH3 is 2. The van der Waals surface area contributed by atoms with Crippen molar-refractivity contribution in [3.8, 4) is 5.75 Å². The van der Waals surface area contributed by atoms with E-state index < -0.39 is 5.97 Å². The Kier molecular flexibility index (Phi) is 7.57. The molecule has 0 spiro atoms. The molecule has 1 aromatic heterocycles. The van der Waals surface area contributed by atoms with Gasteiger partial charge in [-0.25, -0.2) is 4.79 Å². The maximum Gasteiger partial charge on any atom is 0.337 e. The quantitative estimate of drug-likeness (QED) is 0.492. The largest absolute Gasteiger partial charge is 0.496 e. The third kappa shape index (κ3) is 5.13. The van der Waals surface area contributed by atoms with Gasteiger partial charge in [-0.1, -0.05) is 26.3 Å². The summed E-state index contributed by atoms with van der Waals surface area (Å²) in [6.45, 7) is 4.98. The van der Waals surface area contributed by atoms with Gasteiger partial charge in [0.2, 0.25) is 0 Å². The van der Waals surface area contributed by atoms with E-state index in [4.69, 9.17) is 9.47 Å². The number of benzene rings is 2. The van der Waals surface area contributed by atoms with Crippen LogP contribution in [0.4, 0.5) is 0 Å². The number of rotatable bonds is 9. The van der Waals surface area contributed by atoms with Crippen molar-refractivity contribution >= 4 is 22.8 Å². The van der Waals surface area contributed by atoms with Gasteiger partial charge in [0.1, 0.15) is 5.75 Å². The lowest BCUT2D eigenvalue weighted by molar-refractivity contribution is 0.0600. The van der Waals surface area contributed by atoms with Gasteiger partial charge in [0, 0.05) is 42.7 Å². The van der Waals surface area contributed by atoms with E-state index in [-0.39, 0.29) is 5.91 Å². The lowest BCUT2D eigenvalue weighted by Gasteiger charge is -2.12. The molecule has 0 aliphatic rings. The molecule has 0 saturated heterocycles. The minimum Gasteiger partial charge on any atom is -0.496 e. The molecule has 1 unspecified atom stereocenters. The normalized spacial score (nSPS) is 11.9. The molecule has 0 aliphatic heterocycles. The number of aryl methyl sites for hydroxylation is 1. The maximum atomic E-state index is 12.7. The molecule has 1 heterocycles. The Morgan fingerprint density at radius 2 is 1.81 bits per heavy atom. The Bertz CT molecular complexity index is 1120. The molecule has 170 valence electrons. The van der Waals surface area contributed by atoms with Gasteiger partial charge in [0.25, 0.3) is 5.91 Å². The summed E-state index contributed by atoms with van der Waals surface area (Å²) in [5.74, 6) is 0.637. The smallest absolute Gasteiger partial charge is 0.337 e. The number of fused-ring (bicyclic) bond motifs is 1. The summed E-state index contributed by atoms with van der Waals surface area (Å²) in [6, 6.07) is 11.1. The third-order valence-corrected chi connectivity index (χ3v) is 5.82. The van der Waals surface area contributed by atoms with Gasteiger partial charge < -0.3 is 19.4 Å². The van der Waals surface area contributed by atoms with Crippen molar-refractivity contribution in [1.29, 1.82) is 0 Å². The fourth-order valence-corrected chi connectivity index (χ4v) is 4.06. The number of hydrogen-bond donors (Lipinski definition) is 1. The summed E-state index contributed by atoms with van der Waals surface area (Å²) < 4.78 is 12.4. The van der Waals surface area contributed by atoms with E-state index in [2.05, 4.69) is 29.9 Å². The maximum absolute atomic E-state index is 12.7. The number of hydrogen-bond acceptors (Lipinski definition) is 4. The number of carbonyl (C=O) groups excluding carboxylic acids is 2. The number of carbonyl (C=O) groups is 2. The van der Waals surface area contributed by atoms with Crippen LogP contribution < -0.4 is 10.1 Å². The van der Waals surface area contributed by atoms with Crippen molar-refractivity contribution in [3.05, 3.63) is 64.8 Å². The van der Waals surface area contributed by atoms with Crippen molar-refractivity contribution in [2.45, 2.75) is 33.1 Å². The lowest BCUT2D eigenvalue weighted by Crippen LogP contribution is -2.28. The highest BCUT2D eigenvalue weighted by Crippen LogP contribution is 2.29. The first-order valence-electron chi connectivity index (χ1n) is 11.0. The lowest BCUT2D eigenvalue weighted by atomic mass is 10.0. The second-order valence-electron chi connectivity index (χ2n) is 8.30. The Balaban J connectivity index is 1.88. The average molecular weight is 437 g/mol. The molecule has 3 rings (SSSR count). The van der Waals surface area contributed by atoms with Gasteiger partial charge in [0.15, 0.2) is 0 Å². The van der Waals surface area contributed by atoms with Gasteiger partial charge in [-0.3, -0.25) is 4.79 Å². The molecule has 6 heteroatoms. The summed E-state index contributed by atoms with van der Waals surface area (Å²) in [5, 5.41) is 4.08. The van der Waals surface area contributed by atoms with E-state index in [0.29, 0.717) is 35.8 Å². The molecule has 0 aliphatic carbocycles. The molecule has 0 saturated carbocycles. The van der Waals surface area contributed by atoms with Crippen LogP contribution in [0.5, 0.6) is 5.75 Å². The van der Waals surface area contributed by atoms with Crippen LogP contribution >= 0.6 is 0 Å². The van der Waals surface area contributed by atoms with Gasteiger partial charge in [-0.2, -0.15) is 0 Å². The van der Waals surface area contributed by atoms with Gasteiger partial charge >= 0.3 is 5.97 Å². The Morgan fingerprint density at radius 1 is 1.06 bits per heavy atom. The standard InChI is InChI=1S/C26H32N2O4/c1-6-7-17(2)15-27-25(29)19-10-11-23-22(13-19)21(16-28(23)3)12-18-8-9-20(26(30)32-5)14-24(18)31-4/h8-11,13-14,16-17H,6-7,12,15H2,1-5H3,(H,27,29). The van der Waals surface area contributed by atoms with Gasteiger partial charge in [-0.05, 0) is 53.8 Å². The number of esters is 1. The van der Waals surface area contributed by atoms with Crippen LogP contribution in [0.1, 0.15) is 58.5 Å². The van der Waals surface area contributed by atoms with E-state index in [1.54, 1.807) is 19.2 Å². The number of ether oxygens (including phenoxy) is 2. The second-order valence-corrected chi connectivity index (χ2v) is 8.30. The fourth-order valence-electron chi connectivity index (χ4n) is 4.06. The Hall–Kier alpha value is -3.28. The highest BCUT2D eigenvalue weighted by Gasteiger charge is 2.15. The summed E-state index contributed by atoms with van der Waals surface area (Å²) in [4.78, 5) is 24.6. The van der Waals surface area contributed by atoms with Crippen LogP contribution in [0.2, 0.25) is 0 Å². The first-order valence-corrected chi connectivity index (χ1v) is 11.0. The molecule has 3 aromatic rings. The number of aromatic nitrogens is 1. The van der Waals surface area contributed by atoms with E-state index in [1.165, 1.54) is 7.11 Å². The summed E-state index contributed by atoms with van der Waals surface area (Å²) in [6.07, 6.45) is 4.89. The zero-order valence-electron chi connectivity index (χ0n) is 19.5. The van der Waals surface area contributed by atoms with E-state index in [0.717, 1.165) is 34.9 Å². The van der Waals surface area contributed by atoms with Crippen molar-refractivity contribution in [2.75, 3.05) is 20.8 Å². The van der Waals surface area contributed by atoms with Gasteiger partial charge in [-0.15, -0.1) is 0 Å². The molecule has 0 fully saturated rings. The van der Waals surface area contributed by atoms with E-state index in [9.17, 15) is 9.59 Å². The van der Waals surface area contributed by atoms with Crippen molar-refractivity contribution in [2.24, 2.45) is 13.0 Å². The SMILES string of the molecule is CCCC(C)CNC(=O)c1ccc2c(c1)c(Cc1ccc(C(=O)OC)cc1OC)cn2C. The predicted octanol–water partition coefficient (Wildman–Crippen LogP) is 4.73. The molecule has 0 radical (unpaired) electrons. The Labute approximate surface area is 189 Å². The topological polar surface area (TPSA) is 69.6 Å². The highest BCUT2D eigenvalue weighted by atomic mass is 16.5. The first-order chi connectivity index (χ1) is 15.4. The fraction of sp³-hybridized carbons (Fsp3) is 0.385. The van der Waals surface area contributed by atoms with E-state index >= 15 is 0 Å². The molecule has 32 heavy (non-hydrogen) atoms. The number of nitrogens with one attached hydrogen (secondary N) is 1. The summed E-state index contributed by atoms with van der Waals surface area (Å²) in [5.41, 5.74) is 4.20. The third-order valence-electron chi connectivity index (χ3n) is 5.82. The van der Waals surface area contributed by atoms with Gasteiger partial charge in [0.05, 0.1) is 19.8 Å². The van der Waals surface area contributed by atoms with E-state index in [1.807, 2.05) is 31.3 Å². The molecule has 2 aromatic carbocycles. The molecule has 0 bridgehead atoms. The number of amides is 1. The molecule has 1 N–H and O–H groups in total. The van der Waals surface area contributed by atoms with Crippen LogP contribution in [0.15, 0.2) is 42.6 Å². The highest BCUT2D eigenvalue weighted by molar-refractivity contribution is 5.99. The minimum absolute atomic E-state index is 0.0512. The molecule has 1 atom stereocenters. The van der Waals surface area contributed by atoms with Crippen molar-refractivity contribution in [3.63, 3.8) is 0 Å². The van der Waals surface area contributed by atoms with Crippen molar-refractivity contribution < 1.29 is 19.1 Å². The summed E-state index contributed by atoms with van der Waals surface area (Å²) in [7, 11) is 4.94. The van der Waals surface area contributed by atoms with Crippen LogP contribution in [0.25, 0.3) is 10.9 Å². The predicted molar refractivity (Wildman–Crippen MR) is 126 cm³/mol. The number of nitrogens with zero attached hydrogens (tertiary/aromatic N) is 1. The van der Waals surface area contributed by atoms with Crippen molar-refractivity contribution in [1.82, 2.24) is 9.88 Å². The minimum atomic E-state index is -0.399. The zero-order valence-corrected chi connectivity index (χ0v) is 19.5. The first kappa shape index (κ1) is 23.4. The molecule has 6 nitrogen and oxygen atoms in total. The second kappa shape index (κ2) is 10.4. The molecule has 1 amide bonds. The van der Waals surface area contributed by atoms with Crippen LogP contribution in [0.3, 0.4) is 0 Å². The zero-order chi connectivity index (χ0) is 23.3. The monoisotopic (exact) mass is 436 g/mol. The average Bonchev–Trinajstić information content (AvgIpc) is 3.11. The Morgan fingerprint density at radius 3 is 2.50 bits per heavy atom.